The van der Waals surface area contributed by atoms with Crippen molar-refractivity contribution in [3.05, 3.63) is 47.2 Å². The van der Waals surface area contributed by atoms with Crippen LogP contribution in [-0.4, -0.2) is 6.54 Å². The summed E-state index contributed by atoms with van der Waals surface area (Å²) >= 11 is 5.90. The van der Waals surface area contributed by atoms with Crippen molar-refractivity contribution in [3.8, 4) is 11.3 Å². The molecule has 3 heteroatoms. The van der Waals surface area contributed by atoms with Crippen LogP contribution >= 0.6 is 11.6 Å². The summed E-state index contributed by atoms with van der Waals surface area (Å²) in [5, 5.41) is 0.712. The normalized spacial score (nSPS) is 10.5. The quantitative estimate of drug-likeness (QED) is 0.865. The Labute approximate surface area is 93.7 Å². The van der Waals surface area contributed by atoms with E-state index in [1.165, 1.54) is 0 Å². The second-order valence-corrected chi connectivity index (χ2v) is 3.75. The molecule has 0 atom stereocenters. The maximum Gasteiger partial charge on any atom is 0.134 e. The number of benzene rings is 1. The van der Waals surface area contributed by atoms with Crippen molar-refractivity contribution in [1.82, 2.24) is 0 Å². The van der Waals surface area contributed by atoms with Crippen LogP contribution in [-0.2, 0) is 6.42 Å². The molecule has 0 aliphatic heterocycles. The highest BCUT2D eigenvalue weighted by Gasteiger charge is 2.04. The number of rotatable bonds is 3. The van der Waals surface area contributed by atoms with E-state index in [1.807, 2.05) is 36.4 Å². The van der Waals surface area contributed by atoms with Crippen LogP contribution < -0.4 is 5.73 Å². The first kappa shape index (κ1) is 10.3. The summed E-state index contributed by atoms with van der Waals surface area (Å²) in [6.45, 7) is 0.600. The fourth-order valence-electron chi connectivity index (χ4n) is 1.45. The molecule has 78 valence electrons. The summed E-state index contributed by atoms with van der Waals surface area (Å²) in [5.41, 5.74) is 6.44. The van der Waals surface area contributed by atoms with Crippen LogP contribution in [0, 0.1) is 0 Å². The van der Waals surface area contributed by atoms with E-state index in [2.05, 4.69) is 0 Å². The second kappa shape index (κ2) is 4.51. The molecule has 2 N–H and O–H groups in total. The summed E-state index contributed by atoms with van der Waals surface area (Å²) in [5.74, 6) is 1.74. The van der Waals surface area contributed by atoms with E-state index in [4.69, 9.17) is 21.8 Å². The zero-order chi connectivity index (χ0) is 10.7. The maximum absolute atomic E-state index is 5.90. The molecule has 0 fully saturated rings. The first-order chi connectivity index (χ1) is 7.29. The minimum Gasteiger partial charge on any atom is -0.461 e. The third-order valence-corrected chi connectivity index (χ3v) is 2.40. The highest BCUT2D eigenvalue weighted by atomic mass is 35.5. The van der Waals surface area contributed by atoms with E-state index < -0.39 is 0 Å². The summed E-state index contributed by atoms with van der Waals surface area (Å²) in [4.78, 5) is 0. The third-order valence-electron chi connectivity index (χ3n) is 2.16. The van der Waals surface area contributed by atoms with Crippen LogP contribution in [0.2, 0.25) is 5.02 Å². The van der Waals surface area contributed by atoms with Gasteiger partial charge in [-0.3, -0.25) is 0 Å². The first-order valence-electron chi connectivity index (χ1n) is 4.84. The molecule has 0 saturated carbocycles. The van der Waals surface area contributed by atoms with Crippen LogP contribution in [0.25, 0.3) is 11.3 Å². The summed E-state index contributed by atoms with van der Waals surface area (Å²) < 4.78 is 5.63. The van der Waals surface area contributed by atoms with Gasteiger partial charge in [-0.15, -0.1) is 0 Å². The Hall–Kier alpha value is -1.25. The van der Waals surface area contributed by atoms with Gasteiger partial charge in [0.25, 0.3) is 0 Å². The minimum atomic E-state index is 0.600. The number of furan rings is 1. The van der Waals surface area contributed by atoms with Gasteiger partial charge in [0.05, 0.1) is 0 Å². The highest BCUT2D eigenvalue weighted by Crippen LogP contribution is 2.24. The van der Waals surface area contributed by atoms with Crippen molar-refractivity contribution >= 4 is 11.6 Å². The minimum absolute atomic E-state index is 0.600. The van der Waals surface area contributed by atoms with Gasteiger partial charge in [-0.1, -0.05) is 23.7 Å². The number of hydrogen-bond acceptors (Lipinski definition) is 2. The predicted molar refractivity (Wildman–Crippen MR) is 61.9 cm³/mol. The molecule has 1 heterocycles. The van der Waals surface area contributed by atoms with Crippen LogP contribution in [0.4, 0.5) is 0 Å². The van der Waals surface area contributed by atoms with E-state index in [9.17, 15) is 0 Å². The number of hydrogen-bond donors (Lipinski definition) is 1. The van der Waals surface area contributed by atoms with Crippen LogP contribution in [0.5, 0.6) is 0 Å². The van der Waals surface area contributed by atoms with E-state index in [-0.39, 0.29) is 0 Å². The molecular weight excluding hydrogens is 210 g/mol. The summed E-state index contributed by atoms with van der Waals surface area (Å²) in [6.07, 6.45) is 0.764. The summed E-state index contributed by atoms with van der Waals surface area (Å²) in [6, 6.07) is 11.5. The van der Waals surface area contributed by atoms with Gasteiger partial charge in [0.15, 0.2) is 0 Å². The van der Waals surface area contributed by atoms with Crippen molar-refractivity contribution in [3.63, 3.8) is 0 Å². The molecule has 2 rings (SSSR count). The third kappa shape index (κ3) is 2.41. The van der Waals surface area contributed by atoms with Gasteiger partial charge in [0.2, 0.25) is 0 Å². The van der Waals surface area contributed by atoms with Gasteiger partial charge in [0.1, 0.15) is 11.5 Å². The zero-order valence-corrected chi connectivity index (χ0v) is 9.00. The molecule has 0 radical (unpaired) electrons. The van der Waals surface area contributed by atoms with E-state index >= 15 is 0 Å². The first-order valence-corrected chi connectivity index (χ1v) is 5.22. The van der Waals surface area contributed by atoms with Crippen LogP contribution in [0.15, 0.2) is 40.8 Å². The summed E-state index contributed by atoms with van der Waals surface area (Å²) in [7, 11) is 0. The Morgan fingerprint density at radius 3 is 2.80 bits per heavy atom. The maximum atomic E-state index is 5.90. The topological polar surface area (TPSA) is 39.2 Å². The Bertz CT molecular complexity index is 450. The molecule has 1 aromatic carbocycles. The van der Waals surface area contributed by atoms with Gasteiger partial charge in [-0.05, 0) is 30.8 Å². The molecule has 0 bridgehead atoms. The molecule has 2 nitrogen and oxygen atoms in total. The number of nitrogens with two attached hydrogens (primary N) is 1. The number of halogens is 1. The molecule has 1 aromatic heterocycles. The molecule has 0 unspecified atom stereocenters. The molecule has 0 aliphatic rings. The van der Waals surface area contributed by atoms with Crippen molar-refractivity contribution < 1.29 is 4.42 Å². The monoisotopic (exact) mass is 221 g/mol. The van der Waals surface area contributed by atoms with Gasteiger partial charge in [-0.2, -0.15) is 0 Å². The zero-order valence-electron chi connectivity index (χ0n) is 8.24. The van der Waals surface area contributed by atoms with Crippen molar-refractivity contribution in [2.24, 2.45) is 5.73 Å². The van der Waals surface area contributed by atoms with Gasteiger partial charge in [-0.25, -0.2) is 0 Å². The Morgan fingerprint density at radius 1 is 1.20 bits per heavy atom. The largest absolute Gasteiger partial charge is 0.461 e. The Balaban J connectivity index is 2.29. The molecule has 2 aromatic rings. The molecular formula is C12H12ClNO. The Kier molecular flexibility index (Phi) is 3.09. The van der Waals surface area contributed by atoms with Crippen molar-refractivity contribution in [2.75, 3.05) is 6.54 Å². The Morgan fingerprint density at radius 2 is 2.07 bits per heavy atom. The smallest absolute Gasteiger partial charge is 0.134 e. The molecule has 0 aliphatic carbocycles. The standard InChI is InChI=1S/C12H12ClNO/c13-10-3-1-2-9(8-10)12-5-4-11(15-12)6-7-14/h1-5,8H,6-7,14H2. The molecule has 0 amide bonds. The average Bonchev–Trinajstić information content (AvgIpc) is 2.67. The fourth-order valence-corrected chi connectivity index (χ4v) is 1.64. The van der Waals surface area contributed by atoms with E-state index in [0.29, 0.717) is 11.6 Å². The highest BCUT2D eigenvalue weighted by molar-refractivity contribution is 6.30. The lowest BCUT2D eigenvalue weighted by Crippen LogP contribution is -2.01. The average molecular weight is 222 g/mol. The van der Waals surface area contributed by atoms with Gasteiger partial charge >= 0.3 is 0 Å². The van der Waals surface area contributed by atoms with Crippen LogP contribution in [0.3, 0.4) is 0 Å². The lowest BCUT2D eigenvalue weighted by Gasteiger charge is -1.97. The SMILES string of the molecule is NCCc1ccc(-c2cccc(Cl)c2)o1. The molecule has 0 spiro atoms. The van der Waals surface area contributed by atoms with Crippen molar-refractivity contribution in [1.29, 1.82) is 0 Å². The lowest BCUT2D eigenvalue weighted by atomic mass is 10.2. The van der Waals surface area contributed by atoms with E-state index in [0.717, 1.165) is 23.5 Å². The fraction of sp³-hybridized carbons (Fsp3) is 0.167. The molecule has 15 heavy (non-hydrogen) atoms. The van der Waals surface area contributed by atoms with Gasteiger partial charge < -0.3 is 10.2 Å². The lowest BCUT2D eigenvalue weighted by molar-refractivity contribution is 0.524. The predicted octanol–water partition coefficient (Wildman–Crippen LogP) is 3.10. The van der Waals surface area contributed by atoms with E-state index in [1.54, 1.807) is 0 Å². The van der Waals surface area contributed by atoms with Crippen LogP contribution in [0.1, 0.15) is 5.76 Å². The van der Waals surface area contributed by atoms with Gasteiger partial charge in [0, 0.05) is 17.0 Å². The second-order valence-electron chi connectivity index (χ2n) is 3.31. The molecule has 0 saturated heterocycles. The van der Waals surface area contributed by atoms with Crippen molar-refractivity contribution in [2.45, 2.75) is 6.42 Å².